The summed E-state index contributed by atoms with van der Waals surface area (Å²) in [6.07, 6.45) is 6.40. The summed E-state index contributed by atoms with van der Waals surface area (Å²) in [5.41, 5.74) is -0.442. The summed E-state index contributed by atoms with van der Waals surface area (Å²) in [4.78, 5) is 41.9. The van der Waals surface area contributed by atoms with Crippen LogP contribution in [0.25, 0.3) is 0 Å². The van der Waals surface area contributed by atoms with Gasteiger partial charge in [-0.25, -0.2) is 4.79 Å². The molecule has 1 aromatic rings. The Hall–Kier alpha value is -2.57. The number of hydrogen-bond donors (Lipinski definition) is 1. The quantitative estimate of drug-likeness (QED) is 0.753. The zero-order valence-corrected chi connectivity index (χ0v) is 17.9. The molecule has 1 aromatic carbocycles. The van der Waals surface area contributed by atoms with Crippen LogP contribution in [0.1, 0.15) is 51.0 Å². The fraction of sp³-hybridized carbons (Fsp3) is 0.609. The standard InChI is InChI=1S/C23H31N3O4/c1-3-23(18-8-10-19(30-2)11-9-18)21(28)26(22(29)24-23)15-20(27)25-13-12-16-6-4-5-7-17(16)14-25/h8-11,16-17H,3-7,12-15H2,1-2H3,(H,24,29)/t16-,17+,23+/m0/s1. The molecule has 2 heterocycles. The normalized spacial score (nSPS) is 28.9. The molecule has 4 rings (SSSR count). The second kappa shape index (κ2) is 8.28. The fourth-order valence-electron chi connectivity index (χ4n) is 5.35. The molecule has 7 heteroatoms. The molecule has 3 aliphatic rings. The average molecular weight is 414 g/mol. The molecule has 3 atom stereocenters. The van der Waals surface area contributed by atoms with Crippen LogP contribution in [0.4, 0.5) is 4.79 Å². The largest absolute Gasteiger partial charge is 0.497 e. The van der Waals surface area contributed by atoms with Gasteiger partial charge in [-0.05, 0) is 48.8 Å². The molecule has 0 aromatic heterocycles. The lowest BCUT2D eigenvalue weighted by Gasteiger charge is -2.41. The van der Waals surface area contributed by atoms with Gasteiger partial charge in [0, 0.05) is 13.1 Å². The van der Waals surface area contributed by atoms with Crippen molar-refractivity contribution in [1.29, 1.82) is 0 Å². The first-order valence-electron chi connectivity index (χ1n) is 11.0. The third kappa shape index (κ3) is 3.55. The predicted octanol–water partition coefficient (Wildman–Crippen LogP) is 2.89. The molecular weight excluding hydrogens is 382 g/mol. The summed E-state index contributed by atoms with van der Waals surface area (Å²) in [6, 6.07) is 6.63. The van der Waals surface area contributed by atoms with Crippen LogP contribution < -0.4 is 10.1 Å². The molecule has 7 nitrogen and oxygen atoms in total. The van der Waals surface area contributed by atoms with Crippen LogP contribution in [0.2, 0.25) is 0 Å². The maximum atomic E-state index is 13.3. The lowest BCUT2D eigenvalue weighted by Crippen LogP contribution is -2.49. The number of carbonyl (C=O) groups excluding carboxylic acids is 3. The third-order valence-electron chi connectivity index (χ3n) is 7.23. The Morgan fingerprint density at radius 3 is 2.50 bits per heavy atom. The number of methoxy groups -OCH3 is 1. The monoisotopic (exact) mass is 413 g/mol. The molecule has 1 saturated carbocycles. The molecule has 0 radical (unpaired) electrons. The van der Waals surface area contributed by atoms with Gasteiger partial charge in [-0.3, -0.25) is 14.5 Å². The zero-order valence-electron chi connectivity index (χ0n) is 17.9. The Labute approximate surface area is 177 Å². The summed E-state index contributed by atoms with van der Waals surface area (Å²) in [5.74, 6) is 1.47. The van der Waals surface area contributed by atoms with Gasteiger partial charge in [0.2, 0.25) is 5.91 Å². The minimum absolute atomic E-state index is 0.135. The lowest BCUT2D eigenvalue weighted by molar-refractivity contribution is -0.141. The van der Waals surface area contributed by atoms with E-state index < -0.39 is 11.6 Å². The average Bonchev–Trinajstić information content (AvgIpc) is 3.03. The van der Waals surface area contributed by atoms with Crippen molar-refractivity contribution in [3.63, 3.8) is 0 Å². The molecule has 0 bridgehead atoms. The Balaban J connectivity index is 1.47. The number of fused-ring (bicyclic) bond motifs is 1. The number of piperidine rings is 1. The molecule has 2 saturated heterocycles. The second-order valence-corrected chi connectivity index (χ2v) is 8.74. The van der Waals surface area contributed by atoms with E-state index in [1.54, 1.807) is 31.4 Å². The number of likely N-dealkylation sites (tertiary alicyclic amines) is 1. The van der Waals surface area contributed by atoms with Crippen LogP contribution in [0, 0.1) is 11.8 Å². The molecule has 4 amide bonds. The predicted molar refractivity (Wildman–Crippen MR) is 112 cm³/mol. The highest BCUT2D eigenvalue weighted by atomic mass is 16.5. The van der Waals surface area contributed by atoms with E-state index in [0.717, 1.165) is 30.3 Å². The van der Waals surface area contributed by atoms with E-state index in [0.29, 0.717) is 23.7 Å². The minimum atomic E-state index is -1.14. The van der Waals surface area contributed by atoms with E-state index in [1.807, 2.05) is 11.8 Å². The number of nitrogens with zero attached hydrogens (tertiary/aromatic N) is 2. The summed E-state index contributed by atoms with van der Waals surface area (Å²) in [6.45, 7) is 3.15. The van der Waals surface area contributed by atoms with Gasteiger partial charge >= 0.3 is 6.03 Å². The van der Waals surface area contributed by atoms with Crippen LogP contribution in [0.5, 0.6) is 5.75 Å². The number of benzene rings is 1. The topological polar surface area (TPSA) is 79.0 Å². The van der Waals surface area contributed by atoms with E-state index in [1.165, 1.54) is 25.7 Å². The van der Waals surface area contributed by atoms with Crippen LogP contribution in [0.3, 0.4) is 0 Å². The minimum Gasteiger partial charge on any atom is -0.497 e. The molecule has 1 N–H and O–H groups in total. The SMILES string of the molecule is CC[C@]1(c2ccc(OC)cc2)NC(=O)N(CC(=O)N2CC[C@@H]3CCCC[C@@H]3C2)C1=O. The van der Waals surface area contributed by atoms with Crippen molar-refractivity contribution in [1.82, 2.24) is 15.1 Å². The van der Waals surface area contributed by atoms with E-state index in [4.69, 9.17) is 4.74 Å². The molecular formula is C23H31N3O4. The van der Waals surface area contributed by atoms with Crippen molar-refractivity contribution in [2.24, 2.45) is 11.8 Å². The first kappa shape index (κ1) is 20.7. The highest BCUT2D eigenvalue weighted by Crippen LogP contribution is 2.37. The number of carbonyl (C=O) groups is 3. The van der Waals surface area contributed by atoms with Crippen molar-refractivity contribution >= 4 is 17.8 Å². The van der Waals surface area contributed by atoms with Gasteiger partial charge in [0.15, 0.2) is 0 Å². The molecule has 30 heavy (non-hydrogen) atoms. The number of nitrogens with one attached hydrogen (secondary N) is 1. The van der Waals surface area contributed by atoms with E-state index in [-0.39, 0.29) is 18.4 Å². The Bertz CT molecular complexity index is 824. The van der Waals surface area contributed by atoms with Gasteiger partial charge in [0.05, 0.1) is 7.11 Å². The smallest absolute Gasteiger partial charge is 0.325 e. The van der Waals surface area contributed by atoms with Crippen molar-refractivity contribution < 1.29 is 19.1 Å². The van der Waals surface area contributed by atoms with Gasteiger partial charge in [0.1, 0.15) is 17.8 Å². The number of hydrogen-bond acceptors (Lipinski definition) is 4. The van der Waals surface area contributed by atoms with Gasteiger partial charge in [-0.15, -0.1) is 0 Å². The van der Waals surface area contributed by atoms with Crippen molar-refractivity contribution in [2.45, 2.75) is 51.0 Å². The molecule has 0 unspecified atom stereocenters. The fourth-order valence-corrected chi connectivity index (χ4v) is 5.35. The Morgan fingerprint density at radius 1 is 1.13 bits per heavy atom. The molecule has 3 fully saturated rings. The Kier molecular flexibility index (Phi) is 5.71. The van der Waals surface area contributed by atoms with Gasteiger partial charge < -0.3 is 15.0 Å². The number of rotatable bonds is 5. The summed E-state index contributed by atoms with van der Waals surface area (Å²) in [5, 5.41) is 2.85. The number of imide groups is 1. The van der Waals surface area contributed by atoms with Crippen LogP contribution in [0.15, 0.2) is 24.3 Å². The number of urea groups is 1. The van der Waals surface area contributed by atoms with Crippen LogP contribution >= 0.6 is 0 Å². The molecule has 162 valence electrons. The second-order valence-electron chi connectivity index (χ2n) is 8.74. The highest BCUT2D eigenvalue weighted by molar-refractivity contribution is 6.09. The highest BCUT2D eigenvalue weighted by Gasteiger charge is 2.52. The van der Waals surface area contributed by atoms with Crippen LogP contribution in [-0.2, 0) is 15.1 Å². The molecule has 1 aliphatic carbocycles. The number of ether oxygens (including phenoxy) is 1. The zero-order chi connectivity index (χ0) is 21.3. The summed E-state index contributed by atoms with van der Waals surface area (Å²) in [7, 11) is 1.58. The van der Waals surface area contributed by atoms with Crippen molar-refractivity contribution in [2.75, 3.05) is 26.7 Å². The van der Waals surface area contributed by atoms with Gasteiger partial charge in [-0.1, -0.05) is 38.3 Å². The van der Waals surface area contributed by atoms with Crippen molar-refractivity contribution in [3.05, 3.63) is 29.8 Å². The van der Waals surface area contributed by atoms with E-state index in [9.17, 15) is 14.4 Å². The van der Waals surface area contributed by atoms with Gasteiger partial charge in [0.25, 0.3) is 5.91 Å². The first-order valence-corrected chi connectivity index (χ1v) is 11.0. The Morgan fingerprint density at radius 2 is 1.83 bits per heavy atom. The third-order valence-corrected chi connectivity index (χ3v) is 7.23. The summed E-state index contributed by atoms with van der Waals surface area (Å²) >= 11 is 0. The maximum absolute atomic E-state index is 13.3. The lowest BCUT2D eigenvalue weighted by atomic mass is 9.75. The van der Waals surface area contributed by atoms with Crippen LogP contribution in [-0.4, -0.2) is 54.4 Å². The van der Waals surface area contributed by atoms with E-state index >= 15 is 0 Å². The molecule has 2 aliphatic heterocycles. The summed E-state index contributed by atoms with van der Waals surface area (Å²) < 4.78 is 5.19. The number of amides is 4. The van der Waals surface area contributed by atoms with Crippen molar-refractivity contribution in [3.8, 4) is 5.75 Å². The van der Waals surface area contributed by atoms with Gasteiger partial charge in [-0.2, -0.15) is 0 Å². The maximum Gasteiger partial charge on any atom is 0.325 e. The van der Waals surface area contributed by atoms with E-state index in [2.05, 4.69) is 5.32 Å². The first-order chi connectivity index (χ1) is 14.5. The molecule has 0 spiro atoms.